The van der Waals surface area contributed by atoms with Gasteiger partial charge in [-0.1, -0.05) is 179 Å². The molecule has 6 nitrogen and oxygen atoms in total. The van der Waals surface area contributed by atoms with Crippen LogP contribution in [0.1, 0.15) is 206 Å². The van der Waals surface area contributed by atoms with Gasteiger partial charge in [0.1, 0.15) is 12.2 Å². The minimum absolute atomic E-state index is 0.364. The fraction of sp³-hybridized carbons (Fsp3) is 0.881. The molecule has 0 heterocycles. The van der Waals surface area contributed by atoms with Gasteiger partial charge in [0.15, 0.2) is 0 Å². The number of aliphatic hydroxyl groups excluding tert-OH is 4. The molecule has 0 radical (unpaired) electrons. The zero-order valence-electron chi connectivity index (χ0n) is 31.7. The van der Waals surface area contributed by atoms with Gasteiger partial charge in [0, 0.05) is 0 Å². The second-order valence-electron chi connectivity index (χ2n) is 14.3. The average molecular weight is 680 g/mol. The maximum atomic E-state index is 12.5. The predicted octanol–water partition coefficient (Wildman–Crippen LogP) is 10.4. The molecule has 0 spiro atoms. The molecule has 0 aromatic rings. The molecule has 4 unspecified atom stereocenters. The van der Waals surface area contributed by atoms with Crippen LogP contribution in [0.5, 0.6) is 0 Å². The number of hydrogen-bond donors (Lipinski definition) is 5. The molecule has 0 saturated heterocycles. The molecule has 6 heteroatoms. The van der Waals surface area contributed by atoms with Crippen LogP contribution in [-0.2, 0) is 4.79 Å². The minimum Gasteiger partial charge on any atom is -0.394 e. The predicted molar refractivity (Wildman–Crippen MR) is 205 cm³/mol. The van der Waals surface area contributed by atoms with Crippen molar-refractivity contribution >= 4 is 5.91 Å². The van der Waals surface area contributed by atoms with Crippen molar-refractivity contribution in [2.75, 3.05) is 6.61 Å². The standard InChI is InChI=1S/C42H81NO5/c1-3-5-7-9-11-13-15-17-19-20-21-22-24-26-28-30-32-34-36-40(46)42(48)43-38(37-44)41(47)39(45)35-33-31-29-27-25-23-18-16-14-12-10-8-6-4-2/h16,18,27,29,38-41,44-47H,3-15,17,19-26,28,30-37H2,1-2H3,(H,43,48)/b18-16+,29-27+. The Morgan fingerprint density at radius 3 is 1.31 bits per heavy atom. The van der Waals surface area contributed by atoms with Crippen molar-refractivity contribution < 1.29 is 25.2 Å². The monoisotopic (exact) mass is 680 g/mol. The summed E-state index contributed by atoms with van der Waals surface area (Å²) in [5, 5.41) is 43.5. The summed E-state index contributed by atoms with van der Waals surface area (Å²) >= 11 is 0. The number of allylic oxidation sites excluding steroid dienone is 4. The highest BCUT2D eigenvalue weighted by molar-refractivity contribution is 5.80. The highest BCUT2D eigenvalue weighted by atomic mass is 16.3. The van der Waals surface area contributed by atoms with E-state index in [9.17, 15) is 25.2 Å². The van der Waals surface area contributed by atoms with E-state index >= 15 is 0 Å². The van der Waals surface area contributed by atoms with E-state index in [-0.39, 0.29) is 0 Å². The summed E-state index contributed by atoms with van der Waals surface area (Å²) < 4.78 is 0. The molecule has 5 N–H and O–H groups in total. The second-order valence-corrected chi connectivity index (χ2v) is 14.3. The average Bonchev–Trinajstić information content (AvgIpc) is 3.09. The highest BCUT2D eigenvalue weighted by Crippen LogP contribution is 2.16. The maximum absolute atomic E-state index is 12.5. The van der Waals surface area contributed by atoms with Gasteiger partial charge in [0.05, 0.1) is 18.8 Å². The van der Waals surface area contributed by atoms with Gasteiger partial charge in [-0.15, -0.1) is 0 Å². The van der Waals surface area contributed by atoms with Crippen LogP contribution < -0.4 is 5.32 Å². The molecule has 0 bridgehead atoms. The Balaban J connectivity index is 3.80. The second kappa shape index (κ2) is 37.1. The third-order valence-corrected chi connectivity index (χ3v) is 9.64. The Hall–Kier alpha value is -1.21. The zero-order chi connectivity index (χ0) is 35.3. The highest BCUT2D eigenvalue weighted by Gasteiger charge is 2.28. The summed E-state index contributed by atoms with van der Waals surface area (Å²) in [5.74, 6) is -0.597. The molecule has 0 aliphatic carbocycles. The fourth-order valence-electron chi connectivity index (χ4n) is 6.30. The molecule has 0 aliphatic heterocycles. The summed E-state index contributed by atoms with van der Waals surface area (Å²) in [6.45, 7) is 4.02. The first kappa shape index (κ1) is 46.8. The number of aliphatic hydroxyl groups is 4. The number of rotatable bonds is 37. The Morgan fingerprint density at radius 2 is 0.875 bits per heavy atom. The first-order chi connectivity index (χ1) is 23.5. The molecule has 0 aromatic carbocycles. The van der Waals surface area contributed by atoms with E-state index in [2.05, 4.69) is 43.5 Å². The van der Waals surface area contributed by atoms with Gasteiger partial charge in [0.25, 0.3) is 0 Å². The van der Waals surface area contributed by atoms with Gasteiger partial charge in [-0.2, -0.15) is 0 Å². The summed E-state index contributed by atoms with van der Waals surface area (Å²) in [4.78, 5) is 12.5. The van der Waals surface area contributed by atoms with Crippen molar-refractivity contribution in [1.29, 1.82) is 0 Å². The number of hydrogen-bond acceptors (Lipinski definition) is 5. The van der Waals surface area contributed by atoms with Crippen LogP contribution in [-0.4, -0.2) is 57.3 Å². The molecule has 0 rings (SSSR count). The van der Waals surface area contributed by atoms with E-state index in [0.717, 1.165) is 38.5 Å². The largest absolute Gasteiger partial charge is 0.394 e. The molecule has 48 heavy (non-hydrogen) atoms. The Labute approximate surface area is 297 Å². The van der Waals surface area contributed by atoms with Crippen molar-refractivity contribution in [3.8, 4) is 0 Å². The van der Waals surface area contributed by atoms with Crippen molar-refractivity contribution in [3.63, 3.8) is 0 Å². The van der Waals surface area contributed by atoms with E-state index < -0.39 is 36.9 Å². The van der Waals surface area contributed by atoms with Crippen LogP contribution >= 0.6 is 0 Å². The smallest absolute Gasteiger partial charge is 0.249 e. The van der Waals surface area contributed by atoms with Gasteiger partial charge in [-0.05, 0) is 51.4 Å². The summed E-state index contributed by atoms with van der Waals surface area (Å²) in [7, 11) is 0. The van der Waals surface area contributed by atoms with Crippen LogP contribution in [0.4, 0.5) is 0 Å². The topological polar surface area (TPSA) is 110 Å². The third-order valence-electron chi connectivity index (χ3n) is 9.64. The maximum Gasteiger partial charge on any atom is 0.249 e. The van der Waals surface area contributed by atoms with Gasteiger partial charge >= 0.3 is 0 Å². The minimum atomic E-state index is -1.28. The number of nitrogens with one attached hydrogen (secondary N) is 1. The van der Waals surface area contributed by atoms with Crippen LogP contribution in [0.3, 0.4) is 0 Å². The number of carbonyl (C=O) groups is 1. The lowest BCUT2D eigenvalue weighted by molar-refractivity contribution is -0.132. The number of amides is 1. The molecular formula is C42H81NO5. The first-order valence-corrected chi connectivity index (χ1v) is 20.7. The third kappa shape index (κ3) is 30.8. The lowest BCUT2D eigenvalue weighted by Gasteiger charge is -2.27. The van der Waals surface area contributed by atoms with Crippen LogP contribution in [0, 0.1) is 0 Å². The number of unbranched alkanes of at least 4 members (excludes halogenated alkanes) is 24. The Morgan fingerprint density at radius 1 is 0.500 bits per heavy atom. The molecule has 284 valence electrons. The van der Waals surface area contributed by atoms with Gasteiger partial charge in [-0.25, -0.2) is 0 Å². The summed E-state index contributed by atoms with van der Waals surface area (Å²) in [5.41, 5.74) is 0. The first-order valence-electron chi connectivity index (χ1n) is 20.7. The van der Waals surface area contributed by atoms with Gasteiger partial charge in [0.2, 0.25) is 5.91 Å². The lowest BCUT2D eigenvalue weighted by atomic mass is 10.00. The van der Waals surface area contributed by atoms with Crippen molar-refractivity contribution in [2.24, 2.45) is 0 Å². The van der Waals surface area contributed by atoms with Crippen molar-refractivity contribution in [1.82, 2.24) is 5.32 Å². The lowest BCUT2D eigenvalue weighted by Crippen LogP contribution is -2.53. The van der Waals surface area contributed by atoms with E-state index in [1.165, 1.54) is 135 Å². The summed E-state index contributed by atoms with van der Waals surface area (Å²) in [6, 6.07) is -1.00. The van der Waals surface area contributed by atoms with Crippen LogP contribution in [0.2, 0.25) is 0 Å². The quantitative estimate of drug-likeness (QED) is 0.0332. The van der Waals surface area contributed by atoms with E-state index in [4.69, 9.17) is 0 Å². The molecule has 0 saturated carbocycles. The van der Waals surface area contributed by atoms with Gasteiger partial charge < -0.3 is 25.7 Å². The molecule has 0 aromatic heterocycles. The van der Waals surface area contributed by atoms with Crippen molar-refractivity contribution in [2.45, 2.75) is 231 Å². The number of carbonyl (C=O) groups excluding carboxylic acids is 1. The Kier molecular flexibility index (Phi) is 36.1. The Bertz CT molecular complexity index is 727. The van der Waals surface area contributed by atoms with E-state index in [1.54, 1.807) is 0 Å². The van der Waals surface area contributed by atoms with Crippen LogP contribution in [0.15, 0.2) is 24.3 Å². The zero-order valence-corrected chi connectivity index (χ0v) is 31.7. The SMILES string of the molecule is CCCCCCC/C=C/CC/C=C/CCCC(O)C(O)C(CO)NC(=O)C(O)CCCCCCCCCCCCCCCCCCCC. The molecular weight excluding hydrogens is 598 g/mol. The van der Waals surface area contributed by atoms with Crippen LogP contribution in [0.25, 0.3) is 0 Å². The normalized spacial score (nSPS) is 14.5. The van der Waals surface area contributed by atoms with Crippen molar-refractivity contribution in [3.05, 3.63) is 24.3 Å². The van der Waals surface area contributed by atoms with E-state index in [1.807, 2.05) is 0 Å². The molecule has 1 amide bonds. The summed E-state index contributed by atoms with van der Waals surface area (Å²) in [6.07, 6.45) is 40.6. The molecule has 0 aliphatic rings. The fourth-order valence-corrected chi connectivity index (χ4v) is 6.30. The molecule has 4 atom stereocenters. The molecule has 0 fully saturated rings. The van der Waals surface area contributed by atoms with E-state index in [0.29, 0.717) is 19.3 Å². The van der Waals surface area contributed by atoms with Gasteiger partial charge in [-0.3, -0.25) is 4.79 Å².